The number of rotatable bonds is 1. The first-order chi connectivity index (χ1) is 10.9. The molecule has 4 aliphatic rings. The van der Waals surface area contributed by atoms with Gasteiger partial charge in [-0.25, -0.2) is 0 Å². The van der Waals surface area contributed by atoms with Crippen LogP contribution < -0.4 is 0 Å². The molecule has 0 spiro atoms. The fourth-order valence-corrected chi connectivity index (χ4v) is 7.71. The van der Waals surface area contributed by atoms with Crippen LogP contribution in [-0.2, 0) is 9.59 Å². The van der Waals surface area contributed by atoms with Crippen LogP contribution in [0.1, 0.15) is 78.6 Å². The van der Waals surface area contributed by atoms with E-state index in [0.29, 0.717) is 28.8 Å². The van der Waals surface area contributed by atoms with E-state index in [0.717, 1.165) is 43.4 Å². The summed E-state index contributed by atoms with van der Waals surface area (Å²) in [6.07, 6.45) is 10.3. The van der Waals surface area contributed by atoms with Crippen LogP contribution in [0.5, 0.6) is 0 Å². The summed E-state index contributed by atoms with van der Waals surface area (Å²) < 4.78 is 0. The highest BCUT2D eigenvalue weighted by atomic mass is 16.1. The molecule has 2 nitrogen and oxygen atoms in total. The van der Waals surface area contributed by atoms with Crippen LogP contribution in [-0.4, -0.2) is 11.6 Å². The van der Waals surface area contributed by atoms with E-state index in [-0.39, 0.29) is 5.41 Å². The third kappa shape index (κ3) is 2.12. The zero-order valence-electron chi connectivity index (χ0n) is 15.1. The largest absolute Gasteiger partial charge is 0.300 e. The lowest BCUT2D eigenvalue weighted by Gasteiger charge is -2.60. The Morgan fingerprint density at radius 3 is 2.43 bits per heavy atom. The lowest BCUT2D eigenvalue weighted by molar-refractivity contribution is -0.143. The minimum atomic E-state index is 0.265. The van der Waals surface area contributed by atoms with E-state index in [4.69, 9.17) is 0 Å². The van der Waals surface area contributed by atoms with Gasteiger partial charge < -0.3 is 0 Å². The monoisotopic (exact) mass is 316 g/mol. The summed E-state index contributed by atoms with van der Waals surface area (Å²) >= 11 is 0. The normalized spacial score (nSPS) is 52.5. The molecule has 4 aliphatic carbocycles. The van der Waals surface area contributed by atoms with Crippen molar-refractivity contribution in [3.05, 3.63) is 0 Å². The molecule has 128 valence electrons. The maximum Gasteiger partial charge on any atom is 0.133 e. The molecule has 0 saturated heterocycles. The van der Waals surface area contributed by atoms with Crippen molar-refractivity contribution in [3.63, 3.8) is 0 Å². The first-order valence-electron chi connectivity index (χ1n) is 9.88. The van der Waals surface area contributed by atoms with Crippen LogP contribution in [0.4, 0.5) is 0 Å². The van der Waals surface area contributed by atoms with Crippen LogP contribution in [0.2, 0.25) is 0 Å². The van der Waals surface area contributed by atoms with E-state index in [2.05, 4.69) is 13.8 Å². The third-order valence-electron chi connectivity index (χ3n) is 8.97. The predicted octanol–water partition coefficient (Wildman–Crippen LogP) is 4.80. The maximum absolute atomic E-state index is 12.2. The summed E-state index contributed by atoms with van der Waals surface area (Å²) in [4.78, 5) is 24.1. The number of carbonyl (C=O) groups excluding carboxylic acids is 2. The molecule has 4 rings (SSSR count). The molecule has 0 heterocycles. The number of hydrogen-bond acceptors (Lipinski definition) is 2. The molecular weight excluding hydrogens is 284 g/mol. The number of ketones is 2. The molecule has 0 aromatic carbocycles. The van der Waals surface area contributed by atoms with Crippen LogP contribution in [0.25, 0.3) is 0 Å². The predicted molar refractivity (Wildman–Crippen MR) is 90.9 cm³/mol. The Hall–Kier alpha value is -0.660. The molecule has 0 unspecified atom stereocenters. The Morgan fingerprint density at radius 2 is 1.70 bits per heavy atom. The SMILES string of the molecule is CC(=O)[C@H]1CC[C@H]2[C@@H]3CC[C@H]4CC(=O)CC[C@@]4(C)[C@H]3CC[C@]12C. The molecule has 4 fully saturated rings. The Balaban J connectivity index is 1.63. The number of carbonyl (C=O) groups is 2. The van der Waals surface area contributed by atoms with Crippen molar-refractivity contribution in [3.8, 4) is 0 Å². The second-order valence-electron chi connectivity index (χ2n) is 9.68. The van der Waals surface area contributed by atoms with Gasteiger partial charge in [-0.15, -0.1) is 0 Å². The summed E-state index contributed by atoms with van der Waals surface area (Å²) in [6.45, 7) is 6.74. The van der Waals surface area contributed by atoms with Crippen LogP contribution in [0.3, 0.4) is 0 Å². The van der Waals surface area contributed by atoms with Crippen molar-refractivity contribution >= 4 is 11.6 Å². The fraction of sp³-hybridized carbons (Fsp3) is 0.905. The molecule has 4 saturated carbocycles. The number of hydrogen-bond donors (Lipinski definition) is 0. The lowest BCUT2D eigenvalue weighted by Crippen LogP contribution is -2.53. The Morgan fingerprint density at radius 1 is 0.957 bits per heavy atom. The van der Waals surface area contributed by atoms with E-state index < -0.39 is 0 Å². The van der Waals surface area contributed by atoms with Crippen LogP contribution in [0, 0.1) is 40.4 Å². The van der Waals surface area contributed by atoms with Crippen molar-refractivity contribution < 1.29 is 9.59 Å². The second-order valence-corrected chi connectivity index (χ2v) is 9.68. The van der Waals surface area contributed by atoms with Crippen molar-refractivity contribution in [1.29, 1.82) is 0 Å². The third-order valence-corrected chi connectivity index (χ3v) is 8.97. The Bertz CT molecular complexity index is 538. The highest BCUT2D eigenvalue weighted by molar-refractivity contribution is 5.80. The summed E-state index contributed by atoms with van der Waals surface area (Å²) in [6, 6.07) is 0. The topological polar surface area (TPSA) is 34.1 Å². The van der Waals surface area contributed by atoms with Gasteiger partial charge in [0.05, 0.1) is 0 Å². The summed E-state index contributed by atoms with van der Waals surface area (Å²) in [5.74, 6) is 4.25. The average Bonchev–Trinajstić information content (AvgIpc) is 2.85. The summed E-state index contributed by atoms with van der Waals surface area (Å²) in [7, 11) is 0. The van der Waals surface area contributed by atoms with Crippen LogP contribution >= 0.6 is 0 Å². The zero-order chi connectivity index (χ0) is 16.4. The standard InChI is InChI=1S/C21H32O2/c1-13(22)17-6-7-18-16-5-4-14-12-15(23)8-10-20(14,2)19(16)9-11-21(17,18)3/h14,16-19H,4-12H2,1-3H3/t14-,16-,17+,18-,19-,20+,21+/m0/s1. The molecule has 0 aromatic heterocycles. The van der Waals surface area contributed by atoms with Crippen molar-refractivity contribution in [2.24, 2.45) is 40.4 Å². The molecule has 0 aliphatic heterocycles. The first-order valence-corrected chi connectivity index (χ1v) is 9.88. The molecule has 7 atom stereocenters. The molecule has 0 N–H and O–H groups in total. The van der Waals surface area contributed by atoms with Gasteiger partial charge in [-0.3, -0.25) is 9.59 Å². The average molecular weight is 316 g/mol. The quantitative estimate of drug-likeness (QED) is 0.696. The zero-order valence-corrected chi connectivity index (χ0v) is 15.1. The Kier molecular flexibility index (Phi) is 3.56. The molecule has 0 amide bonds. The van der Waals surface area contributed by atoms with Gasteiger partial charge in [0.1, 0.15) is 11.6 Å². The number of Topliss-reactive ketones (excluding diaryl/α,β-unsaturated/α-hetero) is 2. The van der Waals surface area contributed by atoms with E-state index in [1.54, 1.807) is 0 Å². The van der Waals surface area contributed by atoms with Crippen molar-refractivity contribution in [1.82, 2.24) is 0 Å². The van der Waals surface area contributed by atoms with Crippen molar-refractivity contribution in [2.75, 3.05) is 0 Å². The number of fused-ring (bicyclic) bond motifs is 5. The van der Waals surface area contributed by atoms with E-state index >= 15 is 0 Å². The summed E-state index contributed by atoms with van der Waals surface area (Å²) in [5.41, 5.74) is 0.660. The van der Waals surface area contributed by atoms with Gasteiger partial charge in [0.2, 0.25) is 0 Å². The highest BCUT2D eigenvalue weighted by Crippen LogP contribution is 2.67. The Labute approximate surface area is 140 Å². The van der Waals surface area contributed by atoms with Gasteiger partial charge in [0.25, 0.3) is 0 Å². The lowest BCUT2D eigenvalue weighted by atomic mass is 9.44. The van der Waals surface area contributed by atoms with E-state index in [9.17, 15) is 9.59 Å². The van der Waals surface area contributed by atoms with Gasteiger partial charge in [-0.05, 0) is 86.4 Å². The van der Waals surface area contributed by atoms with Crippen molar-refractivity contribution in [2.45, 2.75) is 78.6 Å². The van der Waals surface area contributed by atoms with Gasteiger partial charge >= 0.3 is 0 Å². The molecule has 0 radical (unpaired) electrons. The highest BCUT2D eigenvalue weighted by Gasteiger charge is 2.60. The molecule has 0 aromatic rings. The molecule has 23 heavy (non-hydrogen) atoms. The minimum absolute atomic E-state index is 0.265. The first kappa shape index (κ1) is 15.8. The second kappa shape index (κ2) is 5.17. The molecular formula is C21H32O2. The summed E-state index contributed by atoms with van der Waals surface area (Å²) in [5, 5.41) is 0. The van der Waals surface area contributed by atoms with E-state index in [1.807, 2.05) is 6.92 Å². The minimum Gasteiger partial charge on any atom is -0.300 e. The fourth-order valence-electron chi connectivity index (χ4n) is 7.71. The van der Waals surface area contributed by atoms with Crippen LogP contribution in [0.15, 0.2) is 0 Å². The van der Waals surface area contributed by atoms with Gasteiger partial charge in [0.15, 0.2) is 0 Å². The van der Waals surface area contributed by atoms with E-state index in [1.165, 1.54) is 32.1 Å². The molecule has 2 heteroatoms. The molecule has 0 bridgehead atoms. The van der Waals surface area contributed by atoms with Gasteiger partial charge in [0, 0.05) is 18.8 Å². The van der Waals surface area contributed by atoms with Gasteiger partial charge in [-0.1, -0.05) is 13.8 Å². The maximum atomic E-state index is 12.2. The smallest absolute Gasteiger partial charge is 0.133 e. The van der Waals surface area contributed by atoms with Gasteiger partial charge in [-0.2, -0.15) is 0 Å².